The molecule has 1 aromatic rings. The lowest BCUT2D eigenvalue weighted by atomic mass is 10.1. The van der Waals surface area contributed by atoms with Gasteiger partial charge in [0, 0.05) is 19.6 Å². The summed E-state index contributed by atoms with van der Waals surface area (Å²) in [6.07, 6.45) is 0.485. The van der Waals surface area contributed by atoms with Crippen LogP contribution in [0.2, 0.25) is 0 Å². The maximum absolute atomic E-state index is 13.4. The van der Waals surface area contributed by atoms with Gasteiger partial charge in [0.1, 0.15) is 11.6 Å². The second-order valence-electron chi connectivity index (χ2n) is 5.04. The molecule has 2 atom stereocenters. The lowest BCUT2D eigenvalue weighted by molar-refractivity contribution is -0.0858. The number of anilines is 1. The number of amides is 1. The first-order valence-corrected chi connectivity index (χ1v) is 7.00. The topological polar surface area (TPSA) is 74.7 Å². The molecule has 1 aliphatic heterocycles. The van der Waals surface area contributed by atoms with Crippen LogP contribution >= 0.6 is 0 Å². The molecule has 2 heterocycles. The number of nitrogens with zero attached hydrogens (tertiary/aromatic N) is 2. The van der Waals surface area contributed by atoms with Crippen LogP contribution in [0.3, 0.4) is 0 Å². The number of carbonyl (C=O) groups excluding carboxylic acids is 1. The van der Waals surface area contributed by atoms with E-state index in [1.807, 2.05) is 13.8 Å². The first-order valence-electron chi connectivity index (χ1n) is 7.00. The van der Waals surface area contributed by atoms with Gasteiger partial charge in [-0.3, -0.25) is 4.79 Å². The second-order valence-corrected chi connectivity index (χ2v) is 5.04. The Morgan fingerprint density at radius 3 is 3.05 bits per heavy atom. The third-order valence-corrected chi connectivity index (χ3v) is 3.25. The first-order chi connectivity index (χ1) is 10.0. The SMILES string of the molecule is CCNc1ncc(F)cc1C(=O)N1CC(C)OC(CO)C1. The Bertz CT molecular complexity index is 512. The molecule has 1 aromatic heterocycles. The van der Waals surface area contributed by atoms with Crippen LogP contribution in [-0.2, 0) is 4.74 Å². The van der Waals surface area contributed by atoms with E-state index >= 15 is 0 Å². The fourth-order valence-corrected chi connectivity index (χ4v) is 2.39. The highest BCUT2D eigenvalue weighted by atomic mass is 19.1. The van der Waals surface area contributed by atoms with Crippen molar-refractivity contribution in [2.75, 3.05) is 31.6 Å². The van der Waals surface area contributed by atoms with E-state index in [9.17, 15) is 14.3 Å². The molecule has 6 nitrogen and oxygen atoms in total. The molecular weight excluding hydrogens is 277 g/mol. The van der Waals surface area contributed by atoms with Gasteiger partial charge in [-0.15, -0.1) is 0 Å². The number of hydrogen-bond donors (Lipinski definition) is 2. The smallest absolute Gasteiger partial charge is 0.257 e. The third kappa shape index (κ3) is 3.68. The van der Waals surface area contributed by atoms with Gasteiger partial charge >= 0.3 is 0 Å². The zero-order valence-electron chi connectivity index (χ0n) is 12.2. The first kappa shape index (κ1) is 15.7. The van der Waals surface area contributed by atoms with E-state index in [0.29, 0.717) is 18.9 Å². The van der Waals surface area contributed by atoms with Crippen molar-refractivity contribution in [1.82, 2.24) is 9.88 Å². The third-order valence-electron chi connectivity index (χ3n) is 3.25. The van der Waals surface area contributed by atoms with Gasteiger partial charge in [-0.05, 0) is 19.9 Å². The molecule has 0 saturated carbocycles. The Labute approximate surface area is 122 Å². The Morgan fingerprint density at radius 1 is 1.62 bits per heavy atom. The Kier molecular flexibility index (Phi) is 5.08. The Hall–Kier alpha value is -1.73. The highest BCUT2D eigenvalue weighted by Gasteiger charge is 2.30. The molecule has 1 aliphatic rings. The van der Waals surface area contributed by atoms with E-state index in [1.54, 1.807) is 4.90 Å². The van der Waals surface area contributed by atoms with Crippen molar-refractivity contribution >= 4 is 11.7 Å². The molecule has 0 aliphatic carbocycles. The van der Waals surface area contributed by atoms with Crippen molar-refractivity contribution in [2.45, 2.75) is 26.1 Å². The molecule has 0 aromatic carbocycles. The van der Waals surface area contributed by atoms with Crippen LogP contribution in [0.25, 0.3) is 0 Å². The van der Waals surface area contributed by atoms with Crippen molar-refractivity contribution < 1.29 is 19.0 Å². The van der Waals surface area contributed by atoms with E-state index in [1.165, 1.54) is 6.07 Å². The number of morpholine rings is 1. The lowest BCUT2D eigenvalue weighted by Gasteiger charge is -2.36. The molecule has 0 radical (unpaired) electrons. The Balaban J connectivity index is 2.24. The molecule has 1 fully saturated rings. The maximum Gasteiger partial charge on any atom is 0.257 e. The zero-order chi connectivity index (χ0) is 15.4. The van der Waals surface area contributed by atoms with E-state index in [4.69, 9.17) is 4.74 Å². The normalized spacial score (nSPS) is 22.2. The van der Waals surface area contributed by atoms with E-state index in [2.05, 4.69) is 10.3 Å². The monoisotopic (exact) mass is 297 g/mol. The minimum Gasteiger partial charge on any atom is -0.394 e. The number of nitrogens with one attached hydrogen (secondary N) is 1. The summed E-state index contributed by atoms with van der Waals surface area (Å²) in [6.45, 7) is 4.81. The molecule has 0 bridgehead atoms. The summed E-state index contributed by atoms with van der Waals surface area (Å²) < 4.78 is 18.9. The second kappa shape index (κ2) is 6.82. The number of hydrogen-bond acceptors (Lipinski definition) is 5. The average molecular weight is 297 g/mol. The largest absolute Gasteiger partial charge is 0.394 e. The van der Waals surface area contributed by atoms with Crippen LogP contribution in [0.1, 0.15) is 24.2 Å². The predicted octanol–water partition coefficient (Wildman–Crippen LogP) is 0.874. The molecule has 7 heteroatoms. The van der Waals surface area contributed by atoms with Crippen molar-refractivity contribution in [2.24, 2.45) is 0 Å². The number of carbonyl (C=O) groups is 1. The maximum atomic E-state index is 13.4. The minimum absolute atomic E-state index is 0.157. The number of aliphatic hydroxyl groups excluding tert-OH is 1. The zero-order valence-corrected chi connectivity index (χ0v) is 12.2. The van der Waals surface area contributed by atoms with Crippen molar-refractivity contribution in [3.8, 4) is 0 Å². The van der Waals surface area contributed by atoms with Gasteiger partial charge in [0.2, 0.25) is 0 Å². The van der Waals surface area contributed by atoms with Gasteiger partial charge in [0.05, 0.1) is 30.6 Å². The van der Waals surface area contributed by atoms with Crippen LogP contribution in [-0.4, -0.2) is 59.3 Å². The number of aliphatic hydroxyl groups is 1. The highest BCUT2D eigenvalue weighted by Crippen LogP contribution is 2.19. The molecule has 2 rings (SSSR count). The van der Waals surface area contributed by atoms with Gasteiger partial charge in [0.15, 0.2) is 0 Å². The molecule has 1 saturated heterocycles. The minimum atomic E-state index is -0.556. The number of aromatic nitrogens is 1. The molecule has 21 heavy (non-hydrogen) atoms. The predicted molar refractivity (Wildman–Crippen MR) is 75.7 cm³/mol. The van der Waals surface area contributed by atoms with Gasteiger partial charge in [-0.25, -0.2) is 9.37 Å². The van der Waals surface area contributed by atoms with E-state index in [-0.39, 0.29) is 30.7 Å². The summed E-state index contributed by atoms with van der Waals surface area (Å²) >= 11 is 0. The van der Waals surface area contributed by atoms with E-state index in [0.717, 1.165) is 6.20 Å². The molecular formula is C14H20FN3O3. The lowest BCUT2D eigenvalue weighted by Crippen LogP contribution is -2.50. The number of halogens is 1. The summed E-state index contributed by atoms with van der Waals surface area (Å²) in [6, 6.07) is 1.18. The molecule has 1 amide bonds. The van der Waals surface area contributed by atoms with Crippen molar-refractivity contribution in [3.63, 3.8) is 0 Å². The molecule has 0 spiro atoms. The quantitative estimate of drug-likeness (QED) is 0.863. The highest BCUT2D eigenvalue weighted by molar-refractivity contribution is 5.98. The molecule has 2 unspecified atom stereocenters. The number of rotatable bonds is 4. The summed E-state index contributed by atoms with van der Waals surface area (Å²) in [5.74, 6) is -0.504. The van der Waals surface area contributed by atoms with Crippen LogP contribution in [0.4, 0.5) is 10.2 Å². The summed E-state index contributed by atoms with van der Waals surface area (Å²) in [7, 11) is 0. The fourth-order valence-electron chi connectivity index (χ4n) is 2.39. The van der Waals surface area contributed by atoms with Gasteiger partial charge in [-0.1, -0.05) is 0 Å². The van der Waals surface area contributed by atoms with Crippen LogP contribution in [0.15, 0.2) is 12.3 Å². The summed E-state index contributed by atoms with van der Waals surface area (Å²) in [5, 5.41) is 12.2. The van der Waals surface area contributed by atoms with Crippen molar-refractivity contribution in [1.29, 1.82) is 0 Å². The van der Waals surface area contributed by atoms with Crippen LogP contribution < -0.4 is 5.32 Å². The van der Waals surface area contributed by atoms with Crippen LogP contribution in [0.5, 0.6) is 0 Å². The number of pyridine rings is 1. The van der Waals surface area contributed by atoms with Crippen molar-refractivity contribution in [3.05, 3.63) is 23.6 Å². The summed E-state index contributed by atoms with van der Waals surface area (Å²) in [5.41, 5.74) is 0.197. The number of ether oxygens (including phenoxy) is 1. The average Bonchev–Trinajstić information content (AvgIpc) is 2.47. The van der Waals surface area contributed by atoms with Gasteiger partial charge in [0.25, 0.3) is 5.91 Å². The van der Waals surface area contributed by atoms with Crippen LogP contribution in [0, 0.1) is 5.82 Å². The van der Waals surface area contributed by atoms with Gasteiger partial charge in [-0.2, -0.15) is 0 Å². The standard InChI is InChI=1S/C14H20FN3O3/c1-3-16-13-12(4-10(15)5-17-13)14(20)18-6-9(2)21-11(7-18)8-19/h4-5,9,11,19H,3,6-8H2,1-2H3,(H,16,17). The van der Waals surface area contributed by atoms with E-state index < -0.39 is 11.9 Å². The Morgan fingerprint density at radius 2 is 2.38 bits per heavy atom. The fraction of sp³-hybridized carbons (Fsp3) is 0.571. The molecule has 2 N–H and O–H groups in total. The molecule has 116 valence electrons. The van der Waals surface area contributed by atoms with Gasteiger partial charge < -0.3 is 20.1 Å². The summed E-state index contributed by atoms with van der Waals surface area (Å²) in [4.78, 5) is 18.1.